The van der Waals surface area contributed by atoms with Gasteiger partial charge in [0, 0.05) is 33.4 Å². The second-order valence-corrected chi connectivity index (χ2v) is 8.46. The smallest absolute Gasteiger partial charge is 0.410 e. The third-order valence-electron chi connectivity index (χ3n) is 3.67. The predicted octanol–water partition coefficient (Wildman–Crippen LogP) is 5.15. The Morgan fingerprint density at radius 1 is 1.35 bits per heavy atom. The van der Waals surface area contributed by atoms with Gasteiger partial charge in [0.15, 0.2) is 0 Å². The van der Waals surface area contributed by atoms with Crippen molar-refractivity contribution in [3.8, 4) is 0 Å². The topological polar surface area (TPSA) is 41.6 Å². The third-order valence-corrected chi connectivity index (χ3v) is 4.80. The minimum Gasteiger partial charge on any atom is -0.444 e. The number of ether oxygens (including phenoxy) is 1. The molecule has 23 heavy (non-hydrogen) atoms. The summed E-state index contributed by atoms with van der Waals surface area (Å²) in [5, 5.41) is 4.33. The van der Waals surface area contributed by atoms with Crippen LogP contribution < -0.4 is 5.32 Å². The van der Waals surface area contributed by atoms with E-state index in [1.165, 1.54) is 0 Å². The number of nitrogens with zero attached hydrogens (tertiary/aromatic N) is 1. The Bertz CT molecular complexity index is 560. The van der Waals surface area contributed by atoms with Gasteiger partial charge in [-0.15, -0.1) is 0 Å². The van der Waals surface area contributed by atoms with Gasteiger partial charge in [0.2, 0.25) is 0 Å². The lowest BCUT2D eigenvalue weighted by Crippen LogP contribution is -2.37. The van der Waals surface area contributed by atoms with Crippen LogP contribution in [0.2, 0.25) is 5.02 Å². The Hall–Kier alpha value is -0.690. The van der Waals surface area contributed by atoms with E-state index in [2.05, 4.69) is 27.9 Å². The molecule has 0 aromatic heterocycles. The second-order valence-electron chi connectivity index (χ2n) is 6.86. The molecule has 1 saturated heterocycles. The van der Waals surface area contributed by atoms with Crippen molar-refractivity contribution < 1.29 is 9.53 Å². The molecule has 1 N–H and O–H groups in total. The van der Waals surface area contributed by atoms with Crippen LogP contribution in [0, 0.1) is 3.57 Å². The summed E-state index contributed by atoms with van der Waals surface area (Å²) < 4.78 is 6.58. The Balaban J connectivity index is 1.92. The van der Waals surface area contributed by atoms with Gasteiger partial charge in [0.25, 0.3) is 0 Å². The predicted molar refractivity (Wildman–Crippen MR) is 103 cm³/mol. The number of amides is 1. The lowest BCUT2D eigenvalue weighted by atomic mass is 10.1. The third kappa shape index (κ3) is 6.03. The SMILES string of the molecule is CC(C)(C)OC(=O)N1CCCC(Nc2ccc(Cl)cc2I)CC1. The van der Waals surface area contributed by atoms with Crippen LogP contribution in [0.3, 0.4) is 0 Å². The molecule has 0 bridgehead atoms. The van der Waals surface area contributed by atoms with E-state index in [4.69, 9.17) is 16.3 Å². The van der Waals surface area contributed by atoms with Crippen molar-refractivity contribution in [2.75, 3.05) is 18.4 Å². The molecule has 1 amide bonds. The van der Waals surface area contributed by atoms with Crippen molar-refractivity contribution in [1.82, 2.24) is 4.90 Å². The van der Waals surface area contributed by atoms with Crippen LogP contribution in [-0.4, -0.2) is 35.7 Å². The summed E-state index contributed by atoms with van der Waals surface area (Å²) in [4.78, 5) is 14.0. The molecule has 1 aliphatic rings. The van der Waals surface area contributed by atoms with Crippen LogP contribution in [0.5, 0.6) is 0 Å². The van der Waals surface area contributed by atoms with Gasteiger partial charge in [-0.1, -0.05) is 11.6 Å². The summed E-state index contributed by atoms with van der Waals surface area (Å²) in [5.41, 5.74) is 0.659. The van der Waals surface area contributed by atoms with Crippen LogP contribution in [0.4, 0.5) is 10.5 Å². The maximum atomic E-state index is 12.2. The average Bonchev–Trinajstić information content (AvgIpc) is 2.66. The van der Waals surface area contributed by atoms with Crippen molar-refractivity contribution >= 4 is 46.0 Å². The number of rotatable bonds is 2. The lowest BCUT2D eigenvalue weighted by molar-refractivity contribution is 0.0256. The molecule has 1 heterocycles. The molecule has 1 aromatic carbocycles. The highest BCUT2D eigenvalue weighted by molar-refractivity contribution is 14.1. The van der Waals surface area contributed by atoms with Crippen molar-refractivity contribution in [2.45, 2.75) is 51.7 Å². The first-order valence-corrected chi connectivity index (χ1v) is 9.40. The Kier molecular flexibility index (Phi) is 6.42. The maximum absolute atomic E-state index is 12.2. The van der Waals surface area contributed by atoms with E-state index in [0.717, 1.165) is 46.6 Å². The number of nitrogens with one attached hydrogen (secondary N) is 1. The molecule has 0 saturated carbocycles. The number of carbonyl (C=O) groups excluding carboxylic acids is 1. The fourth-order valence-electron chi connectivity index (χ4n) is 2.58. The molecule has 0 spiro atoms. The number of anilines is 1. The fourth-order valence-corrected chi connectivity index (χ4v) is 3.60. The van der Waals surface area contributed by atoms with Crippen LogP contribution in [-0.2, 0) is 4.74 Å². The van der Waals surface area contributed by atoms with Crippen molar-refractivity contribution in [3.05, 3.63) is 26.8 Å². The monoisotopic (exact) mass is 450 g/mol. The first-order chi connectivity index (χ1) is 10.7. The summed E-state index contributed by atoms with van der Waals surface area (Å²) in [6, 6.07) is 6.22. The van der Waals surface area contributed by atoms with E-state index in [0.29, 0.717) is 6.04 Å². The first-order valence-electron chi connectivity index (χ1n) is 7.94. The molecule has 128 valence electrons. The Morgan fingerprint density at radius 3 is 2.74 bits per heavy atom. The highest BCUT2D eigenvalue weighted by atomic mass is 127. The van der Waals surface area contributed by atoms with E-state index in [1.807, 2.05) is 43.9 Å². The number of benzene rings is 1. The van der Waals surface area contributed by atoms with Crippen LogP contribution in [0.25, 0.3) is 0 Å². The minimum atomic E-state index is -0.444. The summed E-state index contributed by atoms with van der Waals surface area (Å²) >= 11 is 8.29. The standard InChI is InChI=1S/C17H24ClIN2O2/c1-17(2,3)23-16(22)21-9-4-5-13(8-10-21)20-15-7-6-12(18)11-14(15)19/h6-7,11,13,20H,4-5,8-10H2,1-3H3. The van der Waals surface area contributed by atoms with Crippen LogP contribution >= 0.6 is 34.2 Å². The van der Waals surface area contributed by atoms with Crippen molar-refractivity contribution in [1.29, 1.82) is 0 Å². The van der Waals surface area contributed by atoms with Gasteiger partial charge in [-0.2, -0.15) is 0 Å². The van der Waals surface area contributed by atoms with Gasteiger partial charge < -0.3 is 15.0 Å². The molecule has 1 atom stereocenters. The van der Waals surface area contributed by atoms with Crippen molar-refractivity contribution in [3.63, 3.8) is 0 Å². The number of carbonyl (C=O) groups is 1. The van der Waals surface area contributed by atoms with E-state index in [1.54, 1.807) is 0 Å². The molecular weight excluding hydrogens is 427 g/mol. The number of hydrogen-bond acceptors (Lipinski definition) is 3. The number of hydrogen-bond donors (Lipinski definition) is 1. The molecule has 1 unspecified atom stereocenters. The fraction of sp³-hybridized carbons (Fsp3) is 0.588. The zero-order valence-corrected chi connectivity index (χ0v) is 16.8. The van der Waals surface area contributed by atoms with E-state index in [-0.39, 0.29) is 6.09 Å². The average molecular weight is 451 g/mol. The van der Waals surface area contributed by atoms with Gasteiger partial charge >= 0.3 is 6.09 Å². The van der Waals surface area contributed by atoms with Crippen LogP contribution in [0.15, 0.2) is 18.2 Å². The molecule has 1 aliphatic heterocycles. The summed E-state index contributed by atoms with van der Waals surface area (Å²) in [7, 11) is 0. The molecule has 4 nitrogen and oxygen atoms in total. The molecule has 6 heteroatoms. The molecule has 0 radical (unpaired) electrons. The quantitative estimate of drug-likeness (QED) is 0.634. The zero-order valence-electron chi connectivity index (χ0n) is 13.9. The van der Waals surface area contributed by atoms with Gasteiger partial charge in [-0.25, -0.2) is 4.79 Å². The maximum Gasteiger partial charge on any atom is 0.410 e. The molecule has 1 aromatic rings. The molecule has 1 fully saturated rings. The highest BCUT2D eigenvalue weighted by Gasteiger charge is 2.25. The summed E-state index contributed by atoms with van der Waals surface area (Å²) in [6.45, 7) is 7.17. The van der Waals surface area contributed by atoms with Crippen LogP contribution in [0.1, 0.15) is 40.0 Å². The largest absolute Gasteiger partial charge is 0.444 e. The van der Waals surface area contributed by atoms with Crippen molar-refractivity contribution in [2.24, 2.45) is 0 Å². The Morgan fingerprint density at radius 2 is 2.09 bits per heavy atom. The van der Waals surface area contributed by atoms with Gasteiger partial charge in [0.05, 0.1) is 0 Å². The number of halogens is 2. The minimum absolute atomic E-state index is 0.209. The van der Waals surface area contributed by atoms with Gasteiger partial charge in [-0.05, 0) is 80.8 Å². The lowest BCUT2D eigenvalue weighted by Gasteiger charge is -2.26. The Labute approximate surface area is 157 Å². The molecular formula is C17H24ClIN2O2. The van der Waals surface area contributed by atoms with E-state index in [9.17, 15) is 4.79 Å². The van der Waals surface area contributed by atoms with E-state index >= 15 is 0 Å². The molecule has 0 aliphatic carbocycles. The molecule has 2 rings (SSSR count). The second kappa shape index (κ2) is 7.92. The summed E-state index contributed by atoms with van der Waals surface area (Å²) in [6.07, 6.45) is 2.72. The van der Waals surface area contributed by atoms with E-state index < -0.39 is 5.60 Å². The van der Waals surface area contributed by atoms with Gasteiger partial charge in [-0.3, -0.25) is 0 Å². The first kappa shape index (κ1) is 18.6. The number of likely N-dealkylation sites (tertiary alicyclic amines) is 1. The summed E-state index contributed by atoms with van der Waals surface area (Å²) in [5.74, 6) is 0. The normalized spacial score (nSPS) is 19.2. The van der Waals surface area contributed by atoms with Gasteiger partial charge in [0.1, 0.15) is 5.60 Å². The zero-order chi connectivity index (χ0) is 17.0. The highest BCUT2D eigenvalue weighted by Crippen LogP contribution is 2.25.